The third-order valence-corrected chi connectivity index (χ3v) is 5.74. The zero-order valence-electron chi connectivity index (χ0n) is 18.5. The molecule has 0 aromatic heterocycles. The molecule has 0 aliphatic heterocycles. The average Bonchev–Trinajstić information content (AvgIpc) is 2.84. The highest BCUT2D eigenvalue weighted by molar-refractivity contribution is 9.10. The standard InChI is InChI=1S/C25H19BrClN3O5/c1-2-34-23-11-17(21(26)13-24(23)35-15-16-6-3-4-9-22(16)27)10-18(14-28)25(31)29-19-7-5-8-20(12-19)30(32)33/h3-13H,2,15H2,1H3,(H,29,31)/b18-10+. The van der Waals surface area contributed by atoms with Gasteiger partial charge in [0.05, 0.1) is 11.5 Å². The Morgan fingerprint density at radius 1 is 1.17 bits per heavy atom. The Morgan fingerprint density at radius 3 is 2.60 bits per heavy atom. The molecular weight excluding hydrogens is 538 g/mol. The van der Waals surface area contributed by atoms with E-state index in [0.717, 1.165) is 5.56 Å². The topological polar surface area (TPSA) is 114 Å². The summed E-state index contributed by atoms with van der Waals surface area (Å²) in [4.78, 5) is 23.0. The van der Waals surface area contributed by atoms with Gasteiger partial charge in [0.25, 0.3) is 11.6 Å². The van der Waals surface area contributed by atoms with Crippen molar-refractivity contribution >= 4 is 50.9 Å². The summed E-state index contributed by atoms with van der Waals surface area (Å²) in [5.74, 6) is 0.164. The van der Waals surface area contributed by atoms with E-state index in [9.17, 15) is 20.2 Å². The van der Waals surface area contributed by atoms with Crippen LogP contribution in [0.25, 0.3) is 6.08 Å². The van der Waals surface area contributed by atoms with Gasteiger partial charge in [-0.15, -0.1) is 0 Å². The van der Waals surface area contributed by atoms with E-state index in [4.69, 9.17) is 21.1 Å². The fraction of sp³-hybridized carbons (Fsp3) is 0.120. The van der Waals surface area contributed by atoms with Gasteiger partial charge in [0.1, 0.15) is 18.2 Å². The van der Waals surface area contributed by atoms with Crippen LogP contribution in [0.1, 0.15) is 18.1 Å². The first-order valence-corrected chi connectivity index (χ1v) is 11.5. The second-order valence-electron chi connectivity index (χ2n) is 7.06. The number of benzene rings is 3. The van der Waals surface area contributed by atoms with Gasteiger partial charge in [0.15, 0.2) is 11.5 Å². The Kier molecular flexibility index (Phi) is 8.84. The van der Waals surface area contributed by atoms with Crippen LogP contribution in [0.3, 0.4) is 0 Å². The Hall–Kier alpha value is -3.87. The van der Waals surface area contributed by atoms with Crippen molar-refractivity contribution in [3.8, 4) is 17.6 Å². The van der Waals surface area contributed by atoms with Crippen molar-refractivity contribution in [1.29, 1.82) is 5.26 Å². The van der Waals surface area contributed by atoms with Crippen molar-refractivity contribution in [1.82, 2.24) is 0 Å². The molecule has 0 saturated carbocycles. The minimum atomic E-state index is -0.711. The summed E-state index contributed by atoms with van der Waals surface area (Å²) in [6.45, 7) is 2.41. The normalized spacial score (nSPS) is 10.9. The van der Waals surface area contributed by atoms with E-state index in [2.05, 4.69) is 21.2 Å². The first-order valence-electron chi connectivity index (χ1n) is 10.3. The van der Waals surface area contributed by atoms with Crippen LogP contribution in [0.5, 0.6) is 11.5 Å². The fourth-order valence-electron chi connectivity index (χ4n) is 3.01. The molecule has 1 N–H and O–H groups in total. The number of hydrogen-bond acceptors (Lipinski definition) is 6. The summed E-state index contributed by atoms with van der Waals surface area (Å²) in [5.41, 5.74) is 1.12. The van der Waals surface area contributed by atoms with Crippen LogP contribution in [0.2, 0.25) is 5.02 Å². The molecule has 0 heterocycles. The minimum Gasteiger partial charge on any atom is -0.490 e. The number of nitriles is 1. The van der Waals surface area contributed by atoms with Crippen LogP contribution < -0.4 is 14.8 Å². The molecule has 0 radical (unpaired) electrons. The van der Waals surface area contributed by atoms with Crippen molar-refractivity contribution in [2.75, 3.05) is 11.9 Å². The van der Waals surface area contributed by atoms with Gasteiger partial charge in [-0.3, -0.25) is 14.9 Å². The number of nitrogens with zero attached hydrogens (tertiary/aromatic N) is 2. The molecule has 0 aliphatic rings. The molecule has 0 saturated heterocycles. The predicted octanol–water partition coefficient (Wildman–Crippen LogP) is 6.53. The third-order valence-electron chi connectivity index (χ3n) is 4.68. The number of carbonyl (C=O) groups excluding carboxylic acids is 1. The summed E-state index contributed by atoms with van der Waals surface area (Å²) in [7, 11) is 0. The molecule has 35 heavy (non-hydrogen) atoms. The van der Waals surface area contributed by atoms with Crippen molar-refractivity contribution in [2.24, 2.45) is 0 Å². The summed E-state index contributed by atoms with van der Waals surface area (Å²) in [5, 5.41) is 23.6. The zero-order valence-corrected chi connectivity index (χ0v) is 20.8. The molecule has 1 amide bonds. The Balaban J connectivity index is 1.86. The van der Waals surface area contributed by atoms with E-state index in [1.807, 2.05) is 31.2 Å². The lowest BCUT2D eigenvalue weighted by Gasteiger charge is -2.15. The Labute approximate surface area is 215 Å². The van der Waals surface area contributed by atoms with E-state index >= 15 is 0 Å². The third kappa shape index (κ3) is 6.82. The monoisotopic (exact) mass is 555 g/mol. The number of halogens is 2. The van der Waals surface area contributed by atoms with Gasteiger partial charge in [-0.2, -0.15) is 5.26 Å². The predicted molar refractivity (Wildman–Crippen MR) is 136 cm³/mol. The molecule has 178 valence electrons. The molecule has 0 spiro atoms. The Bertz CT molecular complexity index is 1340. The maximum absolute atomic E-state index is 12.7. The fourth-order valence-corrected chi connectivity index (χ4v) is 3.64. The highest BCUT2D eigenvalue weighted by atomic mass is 79.9. The van der Waals surface area contributed by atoms with E-state index in [1.165, 1.54) is 30.3 Å². The highest BCUT2D eigenvalue weighted by Crippen LogP contribution is 2.36. The smallest absolute Gasteiger partial charge is 0.271 e. The van der Waals surface area contributed by atoms with Gasteiger partial charge in [-0.1, -0.05) is 51.8 Å². The van der Waals surface area contributed by atoms with Crippen molar-refractivity contribution in [2.45, 2.75) is 13.5 Å². The van der Waals surface area contributed by atoms with Crippen LogP contribution in [0, 0.1) is 21.4 Å². The number of rotatable bonds is 9. The van der Waals surface area contributed by atoms with Gasteiger partial charge < -0.3 is 14.8 Å². The maximum Gasteiger partial charge on any atom is 0.271 e. The number of carbonyl (C=O) groups is 1. The number of nitrogens with one attached hydrogen (secondary N) is 1. The lowest BCUT2D eigenvalue weighted by atomic mass is 10.1. The molecule has 3 rings (SSSR count). The summed E-state index contributed by atoms with van der Waals surface area (Å²) in [6, 6.07) is 18.0. The van der Waals surface area contributed by atoms with Gasteiger partial charge in [-0.25, -0.2) is 0 Å². The number of nitro groups is 1. The van der Waals surface area contributed by atoms with Gasteiger partial charge >= 0.3 is 0 Å². The zero-order chi connectivity index (χ0) is 25.4. The highest BCUT2D eigenvalue weighted by Gasteiger charge is 2.16. The summed E-state index contributed by atoms with van der Waals surface area (Å²) >= 11 is 9.65. The summed E-state index contributed by atoms with van der Waals surface area (Å²) < 4.78 is 12.2. The van der Waals surface area contributed by atoms with Crippen LogP contribution in [0.15, 0.2) is 70.7 Å². The second kappa shape index (κ2) is 12.0. The first kappa shape index (κ1) is 25.7. The number of nitro benzene ring substituents is 1. The lowest BCUT2D eigenvalue weighted by molar-refractivity contribution is -0.384. The number of anilines is 1. The molecule has 0 atom stereocenters. The van der Waals surface area contributed by atoms with Crippen molar-refractivity contribution < 1.29 is 19.2 Å². The molecule has 0 aliphatic carbocycles. The summed E-state index contributed by atoms with van der Waals surface area (Å²) in [6.07, 6.45) is 1.39. The number of ether oxygens (including phenoxy) is 2. The van der Waals surface area contributed by atoms with Crippen molar-refractivity contribution in [3.05, 3.63) is 97.0 Å². The van der Waals surface area contributed by atoms with Crippen LogP contribution in [0.4, 0.5) is 11.4 Å². The largest absolute Gasteiger partial charge is 0.490 e. The molecule has 0 unspecified atom stereocenters. The van der Waals surface area contributed by atoms with E-state index in [0.29, 0.717) is 33.2 Å². The maximum atomic E-state index is 12.7. The van der Waals surface area contributed by atoms with Gasteiger partial charge in [0.2, 0.25) is 0 Å². The van der Waals surface area contributed by atoms with Gasteiger partial charge in [-0.05, 0) is 42.8 Å². The van der Waals surface area contributed by atoms with Crippen LogP contribution >= 0.6 is 27.5 Å². The number of amides is 1. The number of non-ortho nitro benzene ring substituents is 1. The van der Waals surface area contributed by atoms with E-state index in [1.54, 1.807) is 18.2 Å². The minimum absolute atomic E-state index is 0.179. The van der Waals surface area contributed by atoms with Gasteiger partial charge in [0, 0.05) is 32.9 Å². The lowest BCUT2D eigenvalue weighted by Crippen LogP contribution is -2.13. The van der Waals surface area contributed by atoms with E-state index in [-0.39, 0.29) is 23.6 Å². The molecule has 10 heteroatoms. The quantitative estimate of drug-likeness (QED) is 0.139. The SMILES string of the molecule is CCOc1cc(/C=C(\C#N)C(=O)Nc2cccc([N+](=O)[O-])c2)c(Br)cc1OCc1ccccc1Cl. The second-order valence-corrected chi connectivity index (χ2v) is 8.33. The molecular formula is C25H19BrClN3O5. The molecule has 3 aromatic carbocycles. The molecule has 0 bridgehead atoms. The van der Waals surface area contributed by atoms with E-state index < -0.39 is 10.8 Å². The number of hydrogen-bond donors (Lipinski definition) is 1. The average molecular weight is 557 g/mol. The van der Waals surface area contributed by atoms with Crippen LogP contribution in [-0.2, 0) is 11.4 Å². The van der Waals surface area contributed by atoms with Crippen molar-refractivity contribution in [3.63, 3.8) is 0 Å². The molecule has 8 nitrogen and oxygen atoms in total. The molecule has 0 fully saturated rings. The Morgan fingerprint density at radius 2 is 1.91 bits per heavy atom. The van der Waals surface area contributed by atoms with Crippen LogP contribution in [-0.4, -0.2) is 17.4 Å². The first-order chi connectivity index (χ1) is 16.8. The molecule has 3 aromatic rings.